The highest BCUT2D eigenvalue weighted by Crippen LogP contribution is 2.14. The van der Waals surface area contributed by atoms with Crippen LogP contribution in [0.1, 0.15) is 20.3 Å². The molecule has 0 radical (unpaired) electrons. The average molecular weight is 257 g/mol. The number of benzene rings is 1. The molecule has 0 spiro atoms. The lowest BCUT2D eigenvalue weighted by atomic mass is 10.2. The first-order valence-electron chi connectivity index (χ1n) is 7.15. The molecule has 0 saturated heterocycles. The van der Waals surface area contributed by atoms with Crippen LogP contribution in [0.25, 0.3) is 10.9 Å². The largest absolute Gasteiger partial charge is 0.370 e. The summed E-state index contributed by atoms with van der Waals surface area (Å²) in [4.78, 5) is 7.05. The smallest absolute Gasteiger partial charge is 0.126 e. The normalized spacial score (nSPS) is 11.1. The van der Waals surface area contributed by atoms with Gasteiger partial charge in [0.1, 0.15) is 5.82 Å². The molecule has 0 aliphatic carbocycles. The lowest BCUT2D eigenvalue weighted by Gasteiger charge is -2.17. The third kappa shape index (κ3) is 3.93. The molecule has 0 aliphatic rings. The first-order valence-corrected chi connectivity index (χ1v) is 7.15. The van der Waals surface area contributed by atoms with Crippen molar-refractivity contribution >= 4 is 16.7 Å². The van der Waals surface area contributed by atoms with E-state index in [0.717, 1.165) is 43.9 Å². The fraction of sp³-hybridized carbons (Fsp3) is 0.438. The van der Waals surface area contributed by atoms with Gasteiger partial charge in [-0.1, -0.05) is 32.0 Å². The lowest BCUT2D eigenvalue weighted by molar-refractivity contribution is 0.303. The van der Waals surface area contributed by atoms with Gasteiger partial charge in [0.25, 0.3) is 0 Å². The molecule has 19 heavy (non-hydrogen) atoms. The van der Waals surface area contributed by atoms with Crippen LogP contribution in [-0.2, 0) is 0 Å². The van der Waals surface area contributed by atoms with Crippen LogP contribution in [-0.4, -0.2) is 36.1 Å². The van der Waals surface area contributed by atoms with Gasteiger partial charge < -0.3 is 10.2 Å². The number of anilines is 1. The minimum Gasteiger partial charge on any atom is -0.370 e. The number of hydrogen-bond acceptors (Lipinski definition) is 3. The maximum atomic E-state index is 4.61. The molecule has 1 aromatic heterocycles. The quantitative estimate of drug-likeness (QED) is 0.771. The Kier molecular flexibility index (Phi) is 5.16. The minimum atomic E-state index is 0.971. The second-order valence-electron chi connectivity index (χ2n) is 4.70. The van der Waals surface area contributed by atoms with Gasteiger partial charge in [0.05, 0.1) is 5.52 Å². The number of nitrogens with zero attached hydrogens (tertiary/aromatic N) is 2. The van der Waals surface area contributed by atoms with E-state index < -0.39 is 0 Å². The Morgan fingerprint density at radius 3 is 2.63 bits per heavy atom. The van der Waals surface area contributed by atoms with Crippen molar-refractivity contribution in [1.82, 2.24) is 9.88 Å². The van der Waals surface area contributed by atoms with E-state index >= 15 is 0 Å². The molecule has 0 saturated carbocycles. The monoisotopic (exact) mass is 257 g/mol. The van der Waals surface area contributed by atoms with Crippen LogP contribution in [0, 0.1) is 0 Å². The van der Waals surface area contributed by atoms with Crippen LogP contribution in [0.5, 0.6) is 0 Å². The number of para-hydroxylation sites is 1. The summed E-state index contributed by atoms with van der Waals surface area (Å²) in [5.74, 6) is 0.971. The molecule has 0 bridgehead atoms. The van der Waals surface area contributed by atoms with Crippen molar-refractivity contribution in [2.24, 2.45) is 0 Å². The van der Waals surface area contributed by atoms with Crippen LogP contribution in [0.4, 0.5) is 5.82 Å². The Hall–Kier alpha value is -1.61. The van der Waals surface area contributed by atoms with Crippen LogP contribution in [0.3, 0.4) is 0 Å². The number of fused-ring (bicyclic) bond motifs is 1. The lowest BCUT2D eigenvalue weighted by Crippen LogP contribution is -2.25. The minimum absolute atomic E-state index is 0.971. The standard InChI is InChI=1S/C16H23N3/c1-3-19(4-2)13-7-12-17-16-11-10-14-8-5-6-9-15(14)18-16/h5-6,8-11H,3-4,7,12-13H2,1-2H3,(H,17,18). The molecule has 0 fully saturated rings. The van der Waals surface area contributed by atoms with Crippen molar-refractivity contribution in [2.45, 2.75) is 20.3 Å². The second kappa shape index (κ2) is 7.10. The van der Waals surface area contributed by atoms with Crippen LogP contribution in [0.15, 0.2) is 36.4 Å². The highest BCUT2D eigenvalue weighted by molar-refractivity contribution is 5.79. The summed E-state index contributed by atoms with van der Waals surface area (Å²) >= 11 is 0. The Bertz CT molecular complexity index is 506. The summed E-state index contributed by atoms with van der Waals surface area (Å²) in [7, 11) is 0. The Labute approximate surface area is 115 Å². The predicted octanol–water partition coefficient (Wildman–Crippen LogP) is 3.38. The molecule has 3 heteroatoms. The van der Waals surface area contributed by atoms with E-state index in [1.807, 2.05) is 12.1 Å². The maximum absolute atomic E-state index is 4.61. The van der Waals surface area contributed by atoms with E-state index in [2.05, 4.69) is 53.3 Å². The molecule has 1 heterocycles. The van der Waals surface area contributed by atoms with E-state index in [1.165, 1.54) is 5.39 Å². The van der Waals surface area contributed by atoms with Gasteiger partial charge in [0, 0.05) is 11.9 Å². The van der Waals surface area contributed by atoms with E-state index in [9.17, 15) is 0 Å². The van der Waals surface area contributed by atoms with Crippen molar-refractivity contribution in [1.29, 1.82) is 0 Å². The summed E-state index contributed by atoms with van der Waals surface area (Å²) in [6.45, 7) is 8.80. The zero-order valence-electron chi connectivity index (χ0n) is 11.9. The van der Waals surface area contributed by atoms with Crippen LogP contribution in [0.2, 0.25) is 0 Å². The van der Waals surface area contributed by atoms with Gasteiger partial charge >= 0.3 is 0 Å². The zero-order chi connectivity index (χ0) is 13.5. The predicted molar refractivity (Wildman–Crippen MR) is 82.6 cm³/mol. The van der Waals surface area contributed by atoms with Gasteiger partial charge in [-0.15, -0.1) is 0 Å². The van der Waals surface area contributed by atoms with Gasteiger partial charge in [-0.05, 0) is 44.3 Å². The molecule has 0 atom stereocenters. The van der Waals surface area contributed by atoms with Gasteiger partial charge in [-0.3, -0.25) is 0 Å². The molecule has 0 unspecified atom stereocenters. The van der Waals surface area contributed by atoms with Crippen molar-refractivity contribution in [3.63, 3.8) is 0 Å². The third-order valence-corrected chi connectivity index (χ3v) is 3.45. The Balaban J connectivity index is 1.84. The van der Waals surface area contributed by atoms with E-state index in [4.69, 9.17) is 0 Å². The molecule has 2 rings (SSSR count). The van der Waals surface area contributed by atoms with Crippen molar-refractivity contribution < 1.29 is 0 Å². The molecule has 1 N–H and O–H groups in total. The number of nitrogens with one attached hydrogen (secondary N) is 1. The molecule has 102 valence electrons. The highest BCUT2D eigenvalue weighted by Gasteiger charge is 1.99. The Morgan fingerprint density at radius 2 is 1.84 bits per heavy atom. The number of hydrogen-bond donors (Lipinski definition) is 1. The van der Waals surface area contributed by atoms with Crippen LogP contribution < -0.4 is 5.32 Å². The first kappa shape index (κ1) is 13.8. The summed E-state index contributed by atoms with van der Waals surface area (Å²) in [5, 5.41) is 4.59. The van der Waals surface area contributed by atoms with Crippen molar-refractivity contribution in [3.05, 3.63) is 36.4 Å². The summed E-state index contributed by atoms with van der Waals surface area (Å²) < 4.78 is 0. The summed E-state index contributed by atoms with van der Waals surface area (Å²) in [6, 6.07) is 12.4. The fourth-order valence-corrected chi connectivity index (χ4v) is 2.22. The molecule has 2 aromatic rings. The van der Waals surface area contributed by atoms with Gasteiger partial charge in [0.15, 0.2) is 0 Å². The molecule has 3 nitrogen and oxygen atoms in total. The average Bonchev–Trinajstić information content (AvgIpc) is 2.47. The first-order chi connectivity index (χ1) is 9.33. The van der Waals surface area contributed by atoms with Gasteiger partial charge in [-0.25, -0.2) is 4.98 Å². The molecule has 0 amide bonds. The maximum Gasteiger partial charge on any atom is 0.126 e. The van der Waals surface area contributed by atoms with Crippen molar-refractivity contribution in [2.75, 3.05) is 31.5 Å². The summed E-state index contributed by atoms with van der Waals surface area (Å²) in [6.07, 6.45) is 1.15. The summed E-state index contributed by atoms with van der Waals surface area (Å²) in [5.41, 5.74) is 1.05. The molecular formula is C16H23N3. The topological polar surface area (TPSA) is 28.2 Å². The highest BCUT2D eigenvalue weighted by atomic mass is 15.1. The van der Waals surface area contributed by atoms with E-state index in [0.29, 0.717) is 0 Å². The third-order valence-electron chi connectivity index (χ3n) is 3.45. The molecule has 1 aromatic carbocycles. The van der Waals surface area contributed by atoms with Crippen molar-refractivity contribution in [3.8, 4) is 0 Å². The van der Waals surface area contributed by atoms with Gasteiger partial charge in [0.2, 0.25) is 0 Å². The number of pyridine rings is 1. The number of aromatic nitrogens is 1. The number of rotatable bonds is 7. The molecular weight excluding hydrogens is 234 g/mol. The second-order valence-corrected chi connectivity index (χ2v) is 4.70. The van der Waals surface area contributed by atoms with E-state index in [-0.39, 0.29) is 0 Å². The SMILES string of the molecule is CCN(CC)CCCNc1ccc2ccccc2n1. The fourth-order valence-electron chi connectivity index (χ4n) is 2.22. The van der Waals surface area contributed by atoms with Crippen LogP contribution >= 0.6 is 0 Å². The zero-order valence-corrected chi connectivity index (χ0v) is 11.9. The van der Waals surface area contributed by atoms with E-state index in [1.54, 1.807) is 0 Å². The molecule has 0 aliphatic heterocycles. The van der Waals surface area contributed by atoms with Gasteiger partial charge in [-0.2, -0.15) is 0 Å². The Morgan fingerprint density at radius 1 is 1.05 bits per heavy atom.